The Morgan fingerprint density at radius 3 is 2.57 bits per heavy atom. The maximum Gasteiger partial charge on any atom is 0.262 e. The Hall–Kier alpha value is -2.13. The normalized spacial score (nSPS) is 15.0. The summed E-state index contributed by atoms with van der Waals surface area (Å²) in [6.07, 6.45) is 0.945. The maximum absolute atomic E-state index is 13.0. The summed E-state index contributed by atoms with van der Waals surface area (Å²) in [5.74, 6) is 0.285. The molecule has 2 aromatic rings. The van der Waals surface area contributed by atoms with Crippen LogP contribution in [0, 0.1) is 3.57 Å². The van der Waals surface area contributed by atoms with Gasteiger partial charge in [0.2, 0.25) is 0 Å². The van der Waals surface area contributed by atoms with Gasteiger partial charge in [-0.15, -0.1) is 0 Å². The van der Waals surface area contributed by atoms with E-state index in [0.29, 0.717) is 23.5 Å². The van der Waals surface area contributed by atoms with Crippen LogP contribution in [0.3, 0.4) is 0 Å². The fraction of sp³-hybridized carbons (Fsp3) is 0.333. The molecule has 1 aliphatic rings. The van der Waals surface area contributed by atoms with Crippen LogP contribution in [0.5, 0.6) is 5.75 Å². The number of hydrogen-bond donors (Lipinski definition) is 1. The van der Waals surface area contributed by atoms with Crippen molar-refractivity contribution < 1.29 is 14.3 Å². The summed E-state index contributed by atoms with van der Waals surface area (Å²) in [6.45, 7) is 3.13. The topological polar surface area (TPSA) is 61.9 Å². The molecule has 0 spiro atoms. The summed E-state index contributed by atoms with van der Waals surface area (Å²) in [5.41, 5.74) is 1.02. The average Bonchev–Trinajstić information content (AvgIpc) is 2.92. The largest absolute Gasteiger partial charge is 0.484 e. The summed E-state index contributed by atoms with van der Waals surface area (Å²) >= 11 is 2.21. The highest BCUT2D eigenvalue weighted by molar-refractivity contribution is 14.1. The van der Waals surface area contributed by atoms with E-state index in [1.807, 2.05) is 41.3 Å². The molecule has 1 saturated heterocycles. The lowest BCUT2D eigenvalue weighted by molar-refractivity contribution is -0.118. The van der Waals surface area contributed by atoms with Gasteiger partial charge < -0.3 is 19.9 Å². The third kappa shape index (κ3) is 5.68. The highest BCUT2D eigenvalue weighted by Gasteiger charge is 2.21. The average molecular weight is 493 g/mol. The van der Waals surface area contributed by atoms with Gasteiger partial charge in [-0.3, -0.25) is 9.59 Å². The molecule has 0 radical (unpaired) electrons. The zero-order valence-electron chi connectivity index (χ0n) is 15.9. The number of amides is 2. The Labute approximate surface area is 179 Å². The van der Waals surface area contributed by atoms with Gasteiger partial charge in [-0.25, -0.2) is 0 Å². The van der Waals surface area contributed by atoms with Gasteiger partial charge in [0.15, 0.2) is 6.61 Å². The Balaban J connectivity index is 1.63. The molecule has 0 bridgehead atoms. The fourth-order valence-corrected chi connectivity index (χ4v) is 3.42. The van der Waals surface area contributed by atoms with Crippen molar-refractivity contribution in [3.8, 4) is 5.75 Å². The Morgan fingerprint density at radius 2 is 1.79 bits per heavy atom. The van der Waals surface area contributed by atoms with Gasteiger partial charge in [0, 0.05) is 23.2 Å². The van der Waals surface area contributed by atoms with Crippen molar-refractivity contribution in [2.24, 2.45) is 0 Å². The quantitative estimate of drug-likeness (QED) is 0.651. The van der Waals surface area contributed by atoms with Gasteiger partial charge in [-0.2, -0.15) is 0 Å². The molecule has 0 unspecified atom stereocenters. The molecule has 0 atom stereocenters. The molecule has 0 saturated carbocycles. The van der Waals surface area contributed by atoms with Crippen molar-refractivity contribution in [1.82, 2.24) is 9.80 Å². The van der Waals surface area contributed by atoms with Crippen LogP contribution in [0.15, 0.2) is 48.5 Å². The van der Waals surface area contributed by atoms with Crippen LogP contribution in [-0.2, 0) is 4.79 Å². The van der Waals surface area contributed by atoms with Crippen molar-refractivity contribution in [3.63, 3.8) is 0 Å². The number of carbonyl (C=O) groups is 2. The number of anilines is 1. The molecule has 7 heteroatoms. The number of benzene rings is 2. The summed E-state index contributed by atoms with van der Waals surface area (Å²) in [5, 5.41) is 2.81. The van der Waals surface area contributed by atoms with Crippen molar-refractivity contribution >= 4 is 40.1 Å². The minimum absolute atomic E-state index is 0.0512. The zero-order chi connectivity index (χ0) is 19.9. The van der Waals surface area contributed by atoms with E-state index in [4.69, 9.17) is 4.74 Å². The zero-order valence-corrected chi connectivity index (χ0v) is 18.0. The summed E-state index contributed by atoms with van der Waals surface area (Å²) in [7, 11) is 2.07. The highest BCUT2D eigenvalue weighted by atomic mass is 127. The first kappa shape index (κ1) is 20.6. The molecule has 1 fully saturated rings. The smallest absolute Gasteiger partial charge is 0.262 e. The van der Waals surface area contributed by atoms with Crippen molar-refractivity contribution in [2.45, 2.75) is 6.42 Å². The third-order valence-corrected chi connectivity index (χ3v) is 5.34. The van der Waals surface area contributed by atoms with Crippen LogP contribution in [0.1, 0.15) is 16.8 Å². The van der Waals surface area contributed by atoms with E-state index in [-0.39, 0.29) is 18.4 Å². The maximum atomic E-state index is 13.0. The number of likely N-dealkylation sites (N-methyl/N-ethyl adjacent to an activating group) is 1. The highest BCUT2D eigenvalue weighted by Crippen LogP contribution is 2.19. The van der Waals surface area contributed by atoms with E-state index in [0.717, 1.165) is 29.6 Å². The molecular formula is C21H24IN3O3. The molecule has 3 rings (SSSR count). The molecule has 2 amide bonds. The van der Waals surface area contributed by atoms with Gasteiger partial charge in [0.1, 0.15) is 5.75 Å². The Bertz CT molecular complexity index is 826. The lowest BCUT2D eigenvalue weighted by Crippen LogP contribution is -2.35. The number of hydrogen-bond acceptors (Lipinski definition) is 4. The van der Waals surface area contributed by atoms with E-state index < -0.39 is 0 Å². The predicted molar refractivity (Wildman–Crippen MR) is 118 cm³/mol. The van der Waals surface area contributed by atoms with Gasteiger partial charge in [0.25, 0.3) is 11.8 Å². The second kappa shape index (κ2) is 9.88. The summed E-state index contributed by atoms with van der Waals surface area (Å²) < 4.78 is 6.62. The fourth-order valence-electron chi connectivity index (χ4n) is 3.06. The number of carbonyl (C=O) groups excluding carboxylic acids is 2. The van der Waals surface area contributed by atoms with Crippen LogP contribution in [0.4, 0.5) is 5.69 Å². The van der Waals surface area contributed by atoms with Crippen molar-refractivity contribution in [1.29, 1.82) is 0 Å². The first-order valence-corrected chi connectivity index (χ1v) is 10.4. The minimum atomic E-state index is -0.297. The number of rotatable bonds is 5. The van der Waals surface area contributed by atoms with Crippen LogP contribution in [0.2, 0.25) is 0 Å². The molecule has 28 heavy (non-hydrogen) atoms. The number of halogens is 1. The van der Waals surface area contributed by atoms with Gasteiger partial charge in [0.05, 0.1) is 11.3 Å². The van der Waals surface area contributed by atoms with E-state index in [9.17, 15) is 9.59 Å². The first-order chi connectivity index (χ1) is 13.5. The Kier molecular flexibility index (Phi) is 7.27. The van der Waals surface area contributed by atoms with E-state index >= 15 is 0 Å². The number of nitrogens with one attached hydrogen (secondary N) is 1. The molecule has 6 nitrogen and oxygen atoms in total. The predicted octanol–water partition coefficient (Wildman–Crippen LogP) is 3.09. The Morgan fingerprint density at radius 1 is 1.04 bits per heavy atom. The second-order valence-corrected chi connectivity index (χ2v) is 8.03. The lowest BCUT2D eigenvalue weighted by Gasteiger charge is -2.22. The SMILES string of the molecule is CN1CCCN(C(=O)c2ccccc2NC(=O)COc2ccc(I)cc2)CC1. The molecular weight excluding hydrogens is 469 g/mol. The number of ether oxygens (including phenoxy) is 1. The summed E-state index contributed by atoms with van der Waals surface area (Å²) in [6, 6.07) is 14.6. The van der Waals surface area contributed by atoms with Crippen molar-refractivity contribution in [2.75, 3.05) is 45.2 Å². The molecule has 148 valence electrons. The van der Waals surface area contributed by atoms with Crippen LogP contribution < -0.4 is 10.1 Å². The third-order valence-electron chi connectivity index (χ3n) is 4.62. The van der Waals surface area contributed by atoms with Crippen LogP contribution in [0.25, 0.3) is 0 Å². The van der Waals surface area contributed by atoms with Gasteiger partial charge in [-0.05, 0) is 79.0 Å². The van der Waals surface area contributed by atoms with Crippen molar-refractivity contribution in [3.05, 3.63) is 57.7 Å². The van der Waals surface area contributed by atoms with Crippen LogP contribution >= 0.6 is 22.6 Å². The number of para-hydroxylation sites is 1. The lowest BCUT2D eigenvalue weighted by atomic mass is 10.1. The second-order valence-electron chi connectivity index (χ2n) is 6.79. The molecule has 0 aliphatic carbocycles. The molecule has 1 heterocycles. The van der Waals surface area contributed by atoms with E-state index in [1.165, 1.54) is 0 Å². The first-order valence-electron chi connectivity index (χ1n) is 9.28. The van der Waals surface area contributed by atoms with E-state index in [2.05, 4.69) is 39.9 Å². The van der Waals surface area contributed by atoms with Gasteiger partial charge in [-0.1, -0.05) is 12.1 Å². The molecule has 0 aromatic heterocycles. The molecule has 1 N–H and O–H groups in total. The molecule has 2 aromatic carbocycles. The van der Waals surface area contributed by atoms with Crippen LogP contribution in [-0.4, -0.2) is 61.4 Å². The van der Waals surface area contributed by atoms with E-state index in [1.54, 1.807) is 12.1 Å². The number of nitrogens with zero attached hydrogens (tertiary/aromatic N) is 2. The molecule has 1 aliphatic heterocycles. The minimum Gasteiger partial charge on any atom is -0.484 e. The van der Waals surface area contributed by atoms with Gasteiger partial charge >= 0.3 is 0 Å². The monoisotopic (exact) mass is 493 g/mol. The standard InChI is InChI=1S/C21H24IN3O3/c1-24-11-4-12-25(14-13-24)21(27)18-5-2-3-6-19(18)23-20(26)15-28-17-9-7-16(22)8-10-17/h2-3,5-10H,4,11-15H2,1H3,(H,23,26). The summed E-state index contributed by atoms with van der Waals surface area (Å²) in [4.78, 5) is 29.4.